The number of carbonyl (C=O) groups is 1. The fourth-order valence-corrected chi connectivity index (χ4v) is 4.13. The summed E-state index contributed by atoms with van der Waals surface area (Å²) in [6, 6.07) is 7.94. The van der Waals surface area contributed by atoms with Gasteiger partial charge in [-0.05, 0) is 65.5 Å². The van der Waals surface area contributed by atoms with Crippen molar-refractivity contribution in [3.63, 3.8) is 0 Å². The van der Waals surface area contributed by atoms with Gasteiger partial charge in [0.05, 0.1) is 0 Å². The number of carbonyl (C=O) groups excluding carboxylic acids is 1. The van der Waals surface area contributed by atoms with Crippen LogP contribution < -0.4 is 0 Å². The van der Waals surface area contributed by atoms with Crippen molar-refractivity contribution in [1.29, 1.82) is 0 Å². The van der Waals surface area contributed by atoms with Crippen LogP contribution in [0.1, 0.15) is 42.5 Å². The predicted octanol–water partition coefficient (Wildman–Crippen LogP) is 3.94. The van der Waals surface area contributed by atoms with Crippen LogP contribution in [0.2, 0.25) is 0 Å². The molecule has 2 aliphatic rings. The monoisotopic (exact) mass is 369 g/mol. The third-order valence-electron chi connectivity index (χ3n) is 4.65. The van der Waals surface area contributed by atoms with Crippen LogP contribution in [0.3, 0.4) is 0 Å². The Labute approximate surface area is 128 Å². The van der Waals surface area contributed by atoms with Gasteiger partial charge < -0.3 is 4.90 Å². The SMILES string of the molecule is O=C(c1cccc(I)c1)N1CC[C@@H]2CCCC[C@@H]2C1. The third kappa shape index (κ3) is 2.96. The molecule has 0 unspecified atom stereocenters. The van der Waals surface area contributed by atoms with E-state index < -0.39 is 0 Å². The Kier molecular flexibility index (Phi) is 4.10. The molecule has 0 radical (unpaired) electrons. The topological polar surface area (TPSA) is 20.3 Å². The second kappa shape index (κ2) is 5.81. The normalized spacial score (nSPS) is 26.9. The van der Waals surface area contributed by atoms with Crippen molar-refractivity contribution in [3.8, 4) is 0 Å². The second-order valence-electron chi connectivity index (χ2n) is 5.85. The van der Waals surface area contributed by atoms with Gasteiger partial charge in [-0.1, -0.05) is 25.3 Å². The lowest BCUT2D eigenvalue weighted by Gasteiger charge is -2.41. The molecule has 102 valence electrons. The van der Waals surface area contributed by atoms with E-state index in [0.29, 0.717) is 0 Å². The van der Waals surface area contributed by atoms with E-state index in [2.05, 4.69) is 27.5 Å². The van der Waals surface area contributed by atoms with Gasteiger partial charge in [-0.25, -0.2) is 0 Å². The molecule has 1 heterocycles. The first kappa shape index (κ1) is 13.4. The molecule has 0 spiro atoms. The zero-order valence-corrected chi connectivity index (χ0v) is 13.3. The van der Waals surface area contributed by atoms with Crippen LogP contribution >= 0.6 is 22.6 Å². The number of hydrogen-bond acceptors (Lipinski definition) is 1. The average Bonchev–Trinajstić information content (AvgIpc) is 2.46. The number of hydrogen-bond donors (Lipinski definition) is 0. The molecule has 0 aromatic heterocycles. The minimum Gasteiger partial charge on any atom is -0.338 e. The first-order valence-electron chi connectivity index (χ1n) is 7.29. The van der Waals surface area contributed by atoms with E-state index >= 15 is 0 Å². The van der Waals surface area contributed by atoms with Gasteiger partial charge >= 0.3 is 0 Å². The summed E-state index contributed by atoms with van der Waals surface area (Å²) >= 11 is 2.27. The largest absolute Gasteiger partial charge is 0.338 e. The number of halogens is 1. The highest BCUT2D eigenvalue weighted by Crippen LogP contribution is 2.36. The van der Waals surface area contributed by atoms with E-state index in [1.54, 1.807) is 0 Å². The van der Waals surface area contributed by atoms with Gasteiger partial charge in [0.15, 0.2) is 0 Å². The zero-order chi connectivity index (χ0) is 13.2. The molecule has 1 aromatic rings. The van der Waals surface area contributed by atoms with Gasteiger partial charge in [-0.3, -0.25) is 4.79 Å². The van der Waals surface area contributed by atoms with E-state index in [-0.39, 0.29) is 5.91 Å². The molecule has 3 rings (SSSR count). The molecule has 1 saturated heterocycles. The minimum atomic E-state index is 0.225. The number of fused-ring (bicyclic) bond motifs is 1. The summed E-state index contributed by atoms with van der Waals surface area (Å²) in [5.74, 6) is 1.87. The summed E-state index contributed by atoms with van der Waals surface area (Å²) in [7, 11) is 0. The van der Waals surface area contributed by atoms with Crippen LogP contribution in [0.4, 0.5) is 0 Å². The Balaban J connectivity index is 1.71. The van der Waals surface area contributed by atoms with Crippen molar-refractivity contribution >= 4 is 28.5 Å². The number of nitrogens with zero attached hydrogens (tertiary/aromatic N) is 1. The van der Waals surface area contributed by atoms with Crippen molar-refractivity contribution in [1.82, 2.24) is 4.90 Å². The lowest BCUT2D eigenvalue weighted by molar-refractivity contribution is 0.0521. The van der Waals surface area contributed by atoms with Crippen molar-refractivity contribution in [3.05, 3.63) is 33.4 Å². The van der Waals surface area contributed by atoms with Gasteiger partial charge in [0.2, 0.25) is 0 Å². The van der Waals surface area contributed by atoms with E-state index in [0.717, 1.165) is 34.1 Å². The molecule has 2 nitrogen and oxygen atoms in total. The van der Waals surface area contributed by atoms with E-state index in [1.807, 2.05) is 24.3 Å². The van der Waals surface area contributed by atoms with Crippen molar-refractivity contribution in [2.24, 2.45) is 11.8 Å². The maximum atomic E-state index is 12.5. The Morgan fingerprint density at radius 2 is 1.95 bits per heavy atom. The van der Waals surface area contributed by atoms with E-state index in [4.69, 9.17) is 0 Å². The summed E-state index contributed by atoms with van der Waals surface area (Å²) in [6.07, 6.45) is 6.66. The highest BCUT2D eigenvalue weighted by atomic mass is 127. The molecule has 1 aliphatic heterocycles. The molecular formula is C16H20INO. The molecular weight excluding hydrogens is 349 g/mol. The van der Waals surface area contributed by atoms with E-state index in [1.165, 1.54) is 32.1 Å². The standard InChI is InChI=1S/C16H20INO/c17-15-7-3-6-13(10-15)16(19)18-9-8-12-4-1-2-5-14(12)11-18/h3,6-7,10,12,14H,1-2,4-5,8-9,11H2/t12-,14+/m0/s1. The summed E-state index contributed by atoms with van der Waals surface area (Å²) in [5.41, 5.74) is 0.848. The van der Waals surface area contributed by atoms with Crippen LogP contribution in [-0.4, -0.2) is 23.9 Å². The van der Waals surface area contributed by atoms with Crippen molar-refractivity contribution < 1.29 is 4.79 Å². The second-order valence-corrected chi connectivity index (χ2v) is 7.10. The minimum absolute atomic E-state index is 0.225. The molecule has 0 N–H and O–H groups in total. The smallest absolute Gasteiger partial charge is 0.253 e. The Morgan fingerprint density at radius 3 is 2.74 bits per heavy atom. The molecule has 2 fully saturated rings. The summed E-state index contributed by atoms with van der Waals surface area (Å²) in [6.45, 7) is 1.93. The summed E-state index contributed by atoms with van der Waals surface area (Å²) in [5, 5.41) is 0. The summed E-state index contributed by atoms with van der Waals surface area (Å²) < 4.78 is 1.14. The highest BCUT2D eigenvalue weighted by Gasteiger charge is 2.33. The molecule has 19 heavy (non-hydrogen) atoms. The van der Waals surface area contributed by atoms with Crippen LogP contribution in [-0.2, 0) is 0 Å². The first-order chi connectivity index (χ1) is 9.24. The van der Waals surface area contributed by atoms with Gasteiger partial charge in [-0.2, -0.15) is 0 Å². The highest BCUT2D eigenvalue weighted by molar-refractivity contribution is 14.1. The molecule has 1 aliphatic carbocycles. The molecule has 2 atom stereocenters. The lowest BCUT2D eigenvalue weighted by atomic mass is 9.75. The Hall–Kier alpha value is -0.580. The average molecular weight is 369 g/mol. The van der Waals surface area contributed by atoms with Crippen molar-refractivity contribution in [2.45, 2.75) is 32.1 Å². The number of rotatable bonds is 1. The quantitative estimate of drug-likeness (QED) is 0.687. The maximum absolute atomic E-state index is 12.5. The predicted molar refractivity (Wildman–Crippen MR) is 85.1 cm³/mol. The zero-order valence-electron chi connectivity index (χ0n) is 11.1. The maximum Gasteiger partial charge on any atom is 0.253 e. The fraction of sp³-hybridized carbons (Fsp3) is 0.562. The van der Waals surface area contributed by atoms with Crippen molar-refractivity contribution in [2.75, 3.05) is 13.1 Å². The number of piperidine rings is 1. The Morgan fingerprint density at radius 1 is 1.16 bits per heavy atom. The van der Waals surface area contributed by atoms with Gasteiger partial charge in [0.25, 0.3) is 5.91 Å². The van der Waals surface area contributed by atoms with Gasteiger partial charge in [0, 0.05) is 22.2 Å². The number of benzene rings is 1. The molecule has 1 saturated carbocycles. The summed E-state index contributed by atoms with van der Waals surface area (Å²) in [4.78, 5) is 14.6. The van der Waals surface area contributed by atoms with Gasteiger partial charge in [0.1, 0.15) is 0 Å². The van der Waals surface area contributed by atoms with Crippen LogP contribution in [0, 0.1) is 15.4 Å². The van der Waals surface area contributed by atoms with E-state index in [9.17, 15) is 4.79 Å². The molecule has 3 heteroatoms. The Bertz CT molecular complexity index is 474. The van der Waals surface area contributed by atoms with Crippen LogP contribution in [0.5, 0.6) is 0 Å². The fourth-order valence-electron chi connectivity index (χ4n) is 3.59. The van der Waals surface area contributed by atoms with Crippen LogP contribution in [0.15, 0.2) is 24.3 Å². The number of amides is 1. The first-order valence-corrected chi connectivity index (χ1v) is 8.37. The molecule has 1 amide bonds. The molecule has 0 bridgehead atoms. The number of likely N-dealkylation sites (tertiary alicyclic amines) is 1. The van der Waals surface area contributed by atoms with Crippen LogP contribution in [0.25, 0.3) is 0 Å². The third-order valence-corrected chi connectivity index (χ3v) is 5.32. The lowest BCUT2D eigenvalue weighted by Crippen LogP contribution is -2.44. The molecule has 1 aromatic carbocycles. The van der Waals surface area contributed by atoms with Gasteiger partial charge in [-0.15, -0.1) is 0 Å².